The predicted molar refractivity (Wildman–Crippen MR) is 85.1 cm³/mol. The zero-order valence-corrected chi connectivity index (χ0v) is 14.2. The first-order valence-corrected chi connectivity index (χ1v) is 7.84. The fourth-order valence-corrected chi connectivity index (χ4v) is 2.99. The Morgan fingerprint density at radius 1 is 1.37 bits per heavy atom. The van der Waals surface area contributed by atoms with Crippen LogP contribution < -0.4 is 5.73 Å². The molecule has 19 heavy (non-hydrogen) atoms. The van der Waals surface area contributed by atoms with E-state index in [-0.39, 0.29) is 6.04 Å². The number of nitrogens with two attached hydrogens (primary N) is 1. The first kappa shape index (κ1) is 14.8. The summed E-state index contributed by atoms with van der Waals surface area (Å²) in [6.07, 6.45) is 0.770. The summed E-state index contributed by atoms with van der Waals surface area (Å²) < 4.78 is 4.14. The number of halogens is 2. The van der Waals surface area contributed by atoms with E-state index in [0.717, 1.165) is 38.9 Å². The highest BCUT2D eigenvalue weighted by Crippen LogP contribution is 2.26. The molecule has 0 bridgehead atoms. The summed E-state index contributed by atoms with van der Waals surface area (Å²) >= 11 is 7.09. The molecule has 1 unspecified atom stereocenters. The van der Waals surface area contributed by atoms with Crippen LogP contribution in [0.2, 0.25) is 0 Å². The molecule has 2 N–H and O–H groups in total. The van der Waals surface area contributed by atoms with Crippen molar-refractivity contribution in [1.82, 2.24) is 9.78 Å². The second kappa shape index (κ2) is 6.20. The fourth-order valence-electron chi connectivity index (χ4n) is 2.13. The van der Waals surface area contributed by atoms with Crippen molar-refractivity contribution < 1.29 is 0 Å². The monoisotopic (exact) mass is 385 g/mol. The van der Waals surface area contributed by atoms with Crippen LogP contribution in [0.25, 0.3) is 0 Å². The van der Waals surface area contributed by atoms with Crippen molar-refractivity contribution in [2.24, 2.45) is 5.73 Å². The smallest absolute Gasteiger partial charge is 0.0738 e. The molecule has 1 aromatic heterocycles. The summed E-state index contributed by atoms with van der Waals surface area (Å²) in [6.45, 7) is 4.95. The Labute approximate surface area is 130 Å². The number of hydrogen-bond donors (Lipinski definition) is 1. The van der Waals surface area contributed by atoms with E-state index >= 15 is 0 Å². The van der Waals surface area contributed by atoms with Crippen LogP contribution in [-0.2, 0) is 13.0 Å². The van der Waals surface area contributed by atoms with Crippen molar-refractivity contribution in [3.05, 3.63) is 50.2 Å². The summed E-state index contributed by atoms with van der Waals surface area (Å²) in [7, 11) is 0. The number of hydrogen-bond acceptors (Lipinski definition) is 2. The average Bonchev–Trinajstić information content (AvgIpc) is 2.66. The van der Waals surface area contributed by atoms with Gasteiger partial charge in [0.25, 0.3) is 0 Å². The molecule has 0 aliphatic heterocycles. The van der Waals surface area contributed by atoms with Crippen LogP contribution >= 0.6 is 31.9 Å². The van der Waals surface area contributed by atoms with Gasteiger partial charge in [0.2, 0.25) is 0 Å². The lowest BCUT2D eigenvalue weighted by molar-refractivity contribution is 0.586. The number of benzene rings is 1. The minimum Gasteiger partial charge on any atom is -0.324 e. The molecule has 1 heterocycles. The molecule has 0 saturated carbocycles. The summed E-state index contributed by atoms with van der Waals surface area (Å²) in [5.74, 6) is 0. The van der Waals surface area contributed by atoms with E-state index < -0.39 is 0 Å². The lowest BCUT2D eigenvalue weighted by Crippen LogP contribution is -2.16. The van der Waals surface area contributed by atoms with E-state index in [0.29, 0.717) is 0 Å². The molecule has 1 atom stereocenters. The molecule has 0 fully saturated rings. The maximum Gasteiger partial charge on any atom is 0.0738 e. The Morgan fingerprint density at radius 3 is 2.74 bits per heavy atom. The Hall–Kier alpha value is -0.650. The Kier molecular flexibility index (Phi) is 4.81. The topological polar surface area (TPSA) is 43.8 Å². The van der Waals surface area contributed by atoms with Gasteiger partial charge in [-0.3, -0.25) is 4.68 Å². The quantitative estimate of drug-likeness (QED) is 0.863. The Balaban J connectivity index is 2.26. The second-order valence-electron chi connectivity index (χ2n) is 4.53. The van der Waals surface area contributed by atoms with Crippen molar-refractivity contribution in [3.8, 4) is 0 Å². The standard InChI is InChI=1S/C14H17Br2N3/c1-3-19-13(14(16)9(2)18-19)8-12(17)10-5-4-6-11(15)7-10/h4-7,12H,3,8,17H2,1-2H3. The predicted octanol–water partition coefficient (Wildman–Crippen LogP) is 3.98. The highest BCUT2D eigenvalue weighted by Gasteiger charge is 2.16. The van der Waals surface area contributed by atoms with Gasteiger partial charge < -0.3 is 5.73 Å². The van der Waals surface area contributed by atoms with Gasteiger partial charge in [0.05, 0.1) is 15.9 Å². The molecule has 0 aliphatic carbocycles. The lowest BCUT2D eigenvalue weighted by atomic mass is 10.0. The fraction of sp³-hybridized carbons (Fsp3) is 0.357. The first-order valence-electron chi connectivity index (χ1n) is 6.25. The van der Waals surface area contributed by atoms with Crippen LogP contribution in [0.5, 0.6) is 0 Å². The SMILES string of the molecule is CCn1nc(C)c(Br)c1CC(N)c1cccc(Br)c1. The van der Waals surface area contributed by atoms with Crippen molar-refractivity contribution in [3.63, 3.8) is 0 Å². The van der Waals surface area contributed by atoms with Gasteiger partial charge in [0.15, 0.2) is 0 Å². The van der Waals surface area contributed by atoms with Gasteiger partial charge in [-0.05, 0) is 47.5 Å². The van der Waals surface area contributed by atoms with Gasteiger partial charge in [-0.15, -0.1) is 0 Å². The Bertz CT molecular complexity index is 578. The van der Waals surface area contributed by atoms with Crippen molar-refractivity contribution >= 4 is 31.9 Å². The normalized spacial score (nSPS) is 12.7. The minimum atomic E-state index is -0.0322. The molecule has 0 spiro atoms. The summed E-state index contributed by atoms with van der Waals surface area (Å²) in [5, 5.41) is 4.50. The van der Waals surface area contributed by atoms with Gasteiger partial charge in [0.1, 0.15) is 0 Å². The van der Waals surface area contributed by atoms with Crippen LogP contribution in [0.3, 0.4) is 0 Å². The molecule has 102 valence electrons. The zero-order valence-electron chi connectivity index (χ0n) is 11.0. The molecule has 0 amide bonds. The third-order valence-electron chi connectivity index (χ3n) is 3.14. The number of nitrogens with zero attached hydrogens (tertiary/aromatic N) is 2. The van der Waals surface area contributed by atoms with Gasteiger partial charge in [-0.1, -0.05) is 28.1 Å². The highest BCUT2D eigenvalue weighted by molar-refractivity contribution is 9.10. The largest absolute Gasteiger partial charge is 0.324 e. The Morgan fingerprint density at radius 2 is 2.11 bits per heavy atom. The van der Waals surface area contributed by atoms with Crippen LogP contribution in [0.1, 0.15) is 29.9 Å². The third kappa shape index (κ3) is 3.27. The van der Waals surface area contributed by atoms with E-state index in [1.807, 2.05) is 23.7 Å². The van der Waals surface area contributed by atoms with Gasteiger partial charge in [0, 0.05) is 23.5 Å². The van der Waals surface area contributed by atoms with Crippen LogP contribution in [0.15, 0.2) is 33.2 Å². The molecule has 2 aromatic rings. The zero-order chi connectivity index (χ0) is 14.0. The van der Waals surface area contributed by atoms with Gasteiger partial charge in [-0.25, -0.2) is 0 Å². The third-order valence-corrected chi connectivity index (χ3v) is 4.67. The lowest BCUT2D eigenvalue weighted by Gasteiger charge is -2.14. The molecule has 5 heteroatoms. The van der Waals surface area contributed by atoms with Crippen molar-refractivity contribution in [1.29, 1.82) is 0 Å². The molecule has 1 aromatic carbocycles. The molecule has 0 radical (unpaired) electrons. The maximum absolute atomic E-state index is 6.31. The molecule has 3 nitrogen and oxygen atoms in total. The summed E-state index contributed by atoms with van der Waals surface area (Å²) in [4.78, 5) is 0. The van der Waals surface area contributed by atoms with Gasteiger partial charge in [-0.2, -0.15) is 5.10 Å². The number of rotatable bonds is 4. The molecule has 0 aliphatic rings. The van der Waals surface area contributed by atoms with E-state index in [9.17, 15) is 0 Å². The summed E-state index contributed by atoms with van der Waals surface area (Å²) in [5.41, 5.74) is 9.61. The average molecular weight is 387 g/mol. The molecular weight excluding hydrogens is 370 g/mol. The second-order valence-corrected chi connectivity index (χ2v) is 6.24. The maximum atomic E-state index is 6.31. The van der Waals surface area contributed by atoms with Crippen molar-refractivity contribution in [2.75, 3.05) is 0 Å². The van der Waals surface area contributed by atoms with E-state index in [2.05, 4.69) is 56.0 Å². The van der Waals surface area contributed by atoms with E-state index in [1.54, 1.807) is 0 Å². The molecule has 2 rings (SSSR count). The molecule has 0 saturated heterocycles. The number of aromatic nitrogens is 2. The van der Waals surface area contributed by atoms with E-state index in [4.69, 9.17) is 5.73 Å². The van der Waals surface area contributed by atoms with Crippen molar-refractivity contribution in [2.45, 2.75) is 32.9 Å². The van der Waals surface area contributed by atoms with Crippen LogP contribution in [0, 0.1) is 6.92 Å². The van der Waals surface area contributed by atoms with Gasteiger partial charge >= 0.3 is 0 Å². The van der Waals surface area contributed by atoms with Crippen LogP contribution in [-0.4, -0.2) is 9.78 Å². The minimum absolute atomic E-state index is 0.0322. The van der Waals surface area contributed by atoms with E-state index in [1.165, 1.54) is 0 Å². The first-order chi connectivity index (χ1) is 9.02. The molecular formula is C14H17Br2N3. The summed E-state index contributed by atoms with van der Waals surface area (Å²) in [6, 6.07) is 8.11. The highest BCUT2D eigenvalue weighted by atomic mass is 79.9. The van der Waals surface area contributed by atoms with Crippen LogP contribution in [0.4, 0.5) is 0 Å². The number of aryl methyl sites for hydroxylation is 2.